The number of phenolic OH excluding ortho intramolecular Hbond substituents is 1. The maximum Gasteiger partial charge on any atom is 0.259 e. The number of carbonyl (C=O) groups is 2. The van der Waals surface area contributed by atoms with E-state index >= 15 is 0 Å². The van der Waals surface area contributed by atoms with Crippen LogP contribution in [0.3, 0.4) is 0 Å². The van der Waals surface area contributed by atoms with Gasteiger partial charge >= 0.3 is 0 Å². The van der Waals surface area contributed by atoms with Crippen molar-refractivity contribution in [2.24, 2.45) is 0 Å². The summed E-state index contributed by atoms with van der Waals surface area (Å²) in [6.07, 6.45) is -1.04. The number of aromatic hydroxyl groups is 1. The Morgan fingerprint density at radius 1 is 1.38 bits per heavy atom. The number of hydrogen-bond donors (Lipinski definition) is 4. The molecule has 7 nitrogen and oxygen atoms in total. The monoisotopic (exact) mass is 291 g/mol. The molecule has 3 rings (SSSR count). The Hall–Kier alpha value is -2.22. The Balaban J connectivity index is 1.81. The fourth-order valence-electron chi connectivity index (χ4n) is 2.40. The summed E-state index contributed by atoms with van der Waals surface area (Å²) >= 11 is 0. The van der Waals surface area contributed by atoms with Crippen LogP contribution in [0, 0.1) is 0 Å². The average molecular weight is 291 g/mol. The molecule has 0 unspecified atom stereocenters. The molecule has 0 bridgehead atoms. The van der Waals surface area contributed by atoms with E-state index in [4.69, 9.17) is 9.84 Å². The first-order valence-electron chi connectivity index (χ1n) is 6.32. The van der Waals surface area contributed by atoms with Crippen LogP contribution in [-0.4, -0.2) is 51.4 Å². The van der Waals surface area contributed by atoms with Gasteiger partial charge in [0.1, 0.15) is 18.0 Å². The number of aliphatic hydroxyl groups is 2. The number of nitrogens with one attached hydrogen (secondary N) is 1. The van der Waals surface area contributed by atoms with Crippen LogP contribution in [0.2, 0.25) is 0 Å². The normalized spacial score (nSPS) is 30.4. The zero-order valence-electron chi connectivity index (χ0n) is 10.8. The standard InChI is InChI=1S/C14H13NO6/c16-6-14-10(18)5-8(11(19)12(14)21-14)15-13(20)7-3-1-2-4-9(7)17/h1-5,11-12,16-17,19H,6H2,(H,15,20)/t11-,12+,14-/m0/s1. The molecular formula is C14H13NO6. The largest absolute Gasteiger partial charge is 0.507 e. The highest BCUT2D eigenvalue weighted by atomic mass is 16.6. The van der Waals surface area contributed by atoms with E-state index in [1.54, 1.807) is 12.1 Å². The SMILES string of the molecule is O=C(NC1=CC(=O)[C@]2(CO)O[C@@H]2[C@H]1O)c1ccccc1O. The van der Waals surface area contributed by atoms with Crippen LogP contribution in [-0.2, 0) is 9.53 Å². The second-order valence-electron chi connectivity index (χ2n) is 4.97. The van der Waals surface area contributed by atoms with Gasteiger partial charge in [0, 0.05) is 6.08 Å². The van der Waals surface area contributed by atoms with Crippen molar-refractivity contribution in [3.05, 3.63) is 41.6 Å². The third-order valence-electron chi connectivity index (χ3n) is 3.69. The number of amides is 1. The van der Waals surface area contributed by atoms with Gasteiger partial charge < -0.3 is 25.4 Å². The molecule has 1 aliphatic carbocycles. The van der Waals surface area contributed by atoms with Crippen molar-refractivity contribution >= 4 is 11.7 Å². The molecule has 1 saturated heterocycles. The fraction of sp³-hybridized carbons (Fsp3) is 0.286. The van der Waals surface area contributed by atoms with Gasteiger partial charge in [0.2, 0.25) is 0 Å². The maximum absolute atomic E-state index is 12.0. The summed E-state index contributed by atoms with van der Waals surface area (Å²) in [7, 11) is 0. The number of rotatable bonds is 3. The Morgan fingerprint density at radius 3 is 2.76 bits per heavy atom. The zero-order chi connectivity index (χ0) is 15.2. The van der Waals surface area contributed by atoms with Gasteiger partial charge in [-0.2, -0.15) is 0 Å². The van der Waals surface area contributed by atoms with Crippen molar-refractivity contribution in [3.8, 4) is 5.75 Å². The quantitative estimate of drug-likeness (QED) is 0.535. The zero-order valence-corrected chi connectivity index (χ0v) is 10.8. The highest BCUT2D eigenvalue weighted by molar-refractivity contribution is 6.04. The molecule has 1 fully saturated rings. The smallest absolute Gasteiger partial charge is 0.259 e. The lowest BCUT2D eigenvalue weighted by atomic mass is 9.89. The van der Waals surface area contributed by atoms with E-state index in [0.717, 1.165) is 6.08 Å². The number of carbonyl (C=O) groups excluding carboxylic acids is 2. The Labute approximate surface area is 119 Å². The highest BCUT2D eigenvalue weighted by Crippen LogP contribution is 2.44. The molecular weight excluding hydrogens is 278 g/mol. The topological polar surface area (TPSA) is 119 Å². The lowest BCUT2D eigenvalue weighted by Crippen LogP contribution is -2.44. The molecule has 1 aliphatic heterocycles. The summed E-state index contributed by atoms with van der Waals surface area (Å²) in [6.45, 7) is -0.523. The molecule has 4 N–H and O–H groups in total. The predicted octanol–water partition coefficient (Wildman–Crippen LogP) is -0.921. The summed E-state index contributed by atoms with van der Waals surface area (Å²) in [6, 6.07) is 5.91. The average Bonchev–Trinajstić information content (AvgIpc) is 3.22. The number of fused-ring (bicyclic) bond motifs is 1. The van der Waals surface area contributed by atoms with Crippen LogP contribution >= 0.6 is 0 Å². The highest BCUT2D eigenvalue weighted by Gasteiger charge is 2.67. The van der Waals surface area contributed by atoms with Gasteiger partial charge in [-0.15, -0.1) is 0 Å². The molecule has 21 heavy (non-hydrogen) atoms. The van der Waals surface area contributed by atoms with E-state index in [2.05, 4.69) is 5.32 Å². The lowest BCUT2D eigenvalue weighted by molar-refractivity contribution is -0.121. The minimum absolute atomic E-state index is 0.0140. The van der Waals surface area contributed by atoms with Crippen molar-refractivity contribution in [2.45, 2.75) is 17.8 Å². The molecule has 0 aromatic heterocycles. The van der Waals surface area contributed by atoms with E-state index < -0.39 is 36.1 Å². The lowest BCUT2D eigenvalue weighted by Gasteiger charge is -2.20. The first-order valence-corrected chi connectivity index (χ1v) is 6.32. The van der Waals surface area contributed by atoms with Gasteiger partial charge in [0.05, 0.1) is 17.9 Å². The molecule has 3 atom stereocenters. The van der Waals surface area contributed by atoms with Crippen molar-refractivity contribution in [2.75, 3.05) is 6.61 Å². The summed E-state index contributed by atoms with van der Waals surface area (Å²) in [5.41, 5.74) is -1.36. The van der Waals surface area contributed by atoms with Crippen LogP contribution in [0.5, 0.6) is 5.75 Å². The number of epoxide rings is 1. The fourth-order valence-corrected chi connectivity index (χ4v) is 2.40. The summed E-state index contributed by atoms with van der Waals surface area (Å²) in [4.78, 5) is 23.9. The molecule has 110 valence electrons. The van der Waals surface area contributed by atoms with E-state index in [1.165, 1.54) is 12.1 Å². The van der Waals surface area contributed by atoms with Gasteiger partial charge in [-0.1, -0.05) is 12.1 Å². The van der Waals surface area contributed by atoms with Crippen LogP contribution < -0.4 is 5.32 Å². The Morgan fingerprint density at radius 2 is 2.10 bits per heavy atom. The Bertz CT molecular complexity index is 655. The minimum Gasteiger partial charge on any atom is -0.507 e. The van der Waals surface area contributed by atoms with E-state index in [0.29, 0.717) is 0 Å². The molecule has 1 heterocycles. The molecule has 0 radical (unpaired) electrons. The predicted molar refractivity (Wildman–Crippen MR) is 69.4 cm³/mol. The van der Waals surface area contributed by atoms with Crippen molar-refractivity contribution in [1.29, 1.82) is 0 Å². The number of ketones is 1. The van der Waals surface area contributed by atoms with Crippen LogP contribution in [0.1, 0.15) is 10.4 Å². The second-order valence-corrected chi connectivity index (χ2v) is 4.97. The number of benzene rings is 1. The van der Waals surface area contributed by atoms with E-state index in [1.807, 2.05) is 0 Å². The summed E-state index contributed by atoms with van der Waals surface area (Å²) < 4.78 is 5.08. The maximum atomic E-state index is 12.0. The number of hydrogen-bond acceptors (Lipinski definition) is 6. The molecule has 1 amide bonds. The van der Waals surface area contributed by atoms with Crippen molar-refractivity contribution in [1.82, 2.24) is 5.32 Å². The summed E-state index contributed by atoms with van der Waals surface area (Å²) in [5, 5.41) is 31.2. The molecule has 0 spiro atoms. The van der Waals surface area contributed by atoms with Crippen LogP contribution in [0.4, 0.5) is 0 Å². The number of aliphatic hydroxyl groups excluding tert-OH is 2. The number of ether oxygens (including phenoxy) is 1. The number of para-hydroxylation sites is 1. The van der Waals surface area contributed by atoms with Gasteiger partial charge in [-0.25, -0.2) is 0 Å². The molecule has 0 saturated carbocycles. The first-order chi connectivity index (χ1) is 9.99. The van der Waals surface area contributed by atoms with Crippen molar-refractivity contribution < 1.29 is 29.6 Å². The second kappa shape index (κ2) is 4.66. The van der Waals surface area contributed by atoms with Gasteiger partial charge in [-0.05, 0) is 12.1 Å². The molecule has 2 aliphatic rings. The summed E-state index contributed by atoms with van der Waals surface area (Å²) in [5.74, 6) is -1.36. The third-order valence-corrected chi connectivity index (χ3v) is 3.69. The van der Waals surface area contributed by atoms with Crippen LogP contribution in [0.15, 0.2) is 36.0 Å². The minimum atomic E-state index is -1.37. The first kappa shape index (κ1) is 13.7. The third kappa shape index (κ3) is 2.02. The van der Waals surface area contributed by atoms with E-state index in [9.17, 15) is 19.8 Å². The Kier molecular flexibility index (Phi) is 3.05. The molecule has 1 aromatic rings. The van der Waals surface area contributed by atoms with E-state index in [-0.39, 0.29) is 17.0 Å². The van der Waals surface area contributed by atoms with Gasteiger partial charge in [-0.3, -0.25) is 9.59 Å². The number of phenols is 1. The van der Waals surface area contributed by atoms with Crippen molar-refractivity contribution in [3.63, 3.8) is 0 Å². The van der Waals surface area contributed by atoms with Gasteiger partial charge in [0.25, 0.3) is 5.91 Å². The van der Waals surface area contributed by atoms with Gasteiger partial charge in [0.15, 0.2) is 11.4 Å². The molecule has 7 heteroatoms. The molecule has 1 aromatic carbocycles. The van der Waals surface area contributed by atoms with Crippen LogP contribution in [0.25, 0.3) is 0 Å².